The van der Waals surface area contributed by atoms with Crippen molar-refractivity contribution in [2.75, 3.05) is 13.2 Å². The number of carbonyl (C=O) groups excluding carboxylic acids is 1. The van der Waals surface area contributed by atoms with E-state index < -0.39 is 0 Å². The van der Waals surface area contributed by atoms with Crippen molar-refractivity contribution >= 4 is 11.8 Å². The Morgan fingerprint density at radius 1 is 1.37 bits per heavy atom. The number of rotatable bonds is 3. The molecular weight excluding hydrogens is 240 g/mol. The second-order valence-electron chi connectivity index (χ2n) is 5.07. The van der Waals surface area contributed by atoms with Gasteiger partial charge in [0.05, 0.1) is 0 Å². The smallest absolute Gasteiger partial charge is 0.223 e. The third-order valence-electron chi connectivity index (χ3n) is 3.79. The Kier molecular flexibility index (Phi) is 3.23. The summed E-state index contributed by atoms with van der Waals surface area (Å²) in [5.41, 5.74) is 1.16. The number of nitrogens with zero attached hydrogens (tertiary/aromatic N) is 2. The molecule has 1 saturated heterocycles. The van der Waals surface area contributed by atoms with Gasteiger partial charge in [-0.15, -0.1) is 0 Å². The van der Waals surface area contributed by atoms with Crippen molar-refractivity contribution < 1.29 is 9.53 Å². The summed E-state index contributed by atoms with van der Waals surface area (Å²) in [4.78, 5) is 18.2. The van der Waals surface area contributed by atoms with Gasteiger partial charge in [-0.05, 0) is 18.9 Å². The first-order valence-electron chi connectivity index (χ1n) is 6.80. The van der Waals surface area contributed by atoms with Crippen molar-refractivity contribution in [3.05, 3.63) is 35.9 Å². The predicted molar refractivity (Wildman–Crippen MR) is 73.0 cm³/mol. The molecule has 0 aliphatic carbocycles. The molecule has 2 heterocycles. The van der Waals surface area contributed by atoms with E-state index in [9.17, 15) is 4.79 Å². The third kappa shape index (κ3) is 2.35. The Bertz CT molecular complexity index is 498. The maximum atomic E-state index is 11.7. The largest absolute Gasteiger partial charge is 0.477 e. The molecule has 4 heteroatoms. The topological polar surface area (TPSA) is 41.9 Å². The van der Waals surface area contributed by atoms with Crippen LogP contribution in [-0.4, -0.2) is 35.9 Å². The van der Waals surface area contributed by atoms with Crippen LogP contribution in [0, 0.1) is 0 Å². The highest BCUT2D eigenvalue weighted by Crippen LogP contribution is 2.25. The van der Waals surface area contributed by atoms with Crippen molar-refractivity contribution in [1.82, 2.24) is 4.90 Å². The van der Waals surface area contributed by atoms with E-state index >= 15 is 0 Å². The molecule has 1 amide bonds. The van der Waals surface area contributed by atoms with E-state index in [2.05, 4.69) is 17.1 Å². The number of aliphatic imine (C=N–C) groups is 1. The van der Waals surface area contributed by atoms with Gasteiger partial charge in [0, 0.05) is 13.0 Å². The molecule has 2 aliphatic rings. The molecule has 100 valence electrons. The second-order valence-corrected chi connectivity index (χ2v) is 5.07. The summed E-state index contributed by atoms with van der Waals surface area (Å²) in [7, 11) is 0. The Hall–Kier alpha value is -1.84. The third-order valence-corrected chi connectivity index (χ3v) is 3.79. The van der Waals surface area contributed by atoms with E-state index in [0.29, 0.717) is 18.9 Å². The summed E-state index contributed by atoms with van der Waals surface area (Å²) in [6.45, 7) is 3.39. The van der Waals surface area contributed by atoms with Crippen LogP contribution in [0.3, 0.4) is 0 Å². The average Bonchev–Trinajstić information content (AvgIpc) is 3.08. The van der Waals surface area contributed by atoms with Crippen LogP contribution in [0.1, 0.15) is 31.4 Å². The molecule has 2 atom stereocenters. The van der Waals surface area contributed by atoms with Crippen molar-refractivity contribution in [3.63, 3.8) is 0 Å². The Labute approximate surface area is 113 Å². The molecule has 2 unspecified atom stereocenters. The van der Waals surface area contributed by atoms with E-state index in [1.165, 1.54) is 0 Å². The minimum Gasteiger partial charge on any atom is -0.477 e. The number of carbonyl (C=O) groups is 1. The van der Waals surface area contributed by atoms with Crippen LogP contribution in [0.15, 0.2) is 35.3 Å². The Morgan fingerprint density at radius 3 is 2.84 bits per heavy atom. The number of hydrogen-bond donors (Lipinski definition) is 0. The van der Waals surface area contributed by atoms with Crippen molar-refractivity contribution in [2.24, 2.45) is 4.99 Å². The highest BCUT2D eigenvalue weighted by atomic mass is 16.5. The average molecular weight is 258 g/mol. The van der Waals surface area contributed by atoms with Gasteiger partial charge in [0.15, 0.2) is 0 Å². The first kappa shape index (κ1) is 12.2. The van der Waals surface area contributed by atoms with Crippen LogP contribution in [0.25, 0.3) is 0 Å². The molecular formula is C15H18N2O2. The van der Waals surface area contributed by atoms with E-state index in [1.54, 1.807) is 0 Å². The van der Waals surface area contributed by atoms with Crippen molar-refractivity contribution in [2.45, 2.75) is 31.8 Å². The summed E-state index contributed by atoms with van der Waals surface area (Å²) in [5.74, 6) is 0.908. The van der Waals surface area contributed by atoms with E-state index in [0.717, 1.165) is 18.5 Å². The molecule has 0 bridgehead atoms. The van der Waals surface area contributed by atoms with Crippen LogP contribution in [0.4, 0.5) is 0 Å². The number of ether oxygens (including phenoxy) is 1. The summed E-state index contributed by atoms with van der Waals surface area (Å²) in [5, 5.41) is 0. The summed E-state index contributed by atoms with van der Waals surface area (Å²) < 4.78 is 5.70. The van der Waals surface area contributed by atoms with E-state index in [4.69, 9.17) is 4.74 Å². The molecule has 4 nitrogen and oxygen atoms in total. The molecule has 1 aromatic rings. The van der Waals surface area contributed by atoms with Crippen LogP contribution in [0.2, 0.25) is 0 Å². The number of likely N-dealkylation sites (tertiary alicyclic amines) is 1. The SMILES string of the molecule is CC(C1=NC(c2ccccc2)CO1)N1CCCC1=O. The summed E-state index contributed by atoms with van der Waals surface area (Å²) in [6.07, 6.45) is 1.60. The highest BCUT2D eigenvalue weighted by molar-refractivity contribution is 5.89. The summed E-state index contributed by atoms with van der Waals surface area (Å²) in [6, 6.07) is 10.2. The van der Waals surface area contributed by atoms with Gasteiger partial charge in [0.2, 0.25) is 11.8 Å². The van der Waals surface area contributed by atoms with Gasteiger partial charge in [-0.2, -0.15) is 0 Å². The second kappa shape index (κ2) is 5.03. The molecule has 1 aromatic carbocycles. The van der Waals surface area contributed by atoms with Gasteiger partial charge < -0.3 is 9.64 Å². The fourth-order valence-electron chi connectivity index (χ4n) is 2.68. The van der Waals surface area contributed by atoms with Gasteiger partial charge in [0.1, 0.15) is 18.7 Å². The van der Waals surface area contributed by atoms with Crippen LogP contribution >= 0.6 is 0 Å². The number of benzene rings is 1. The molecule has 3 rings (SSSR count). The molecule has 2 aliphatic heterocycles. The number of hydrogen-bond acceptors (Lipinski definition) is 3. The molecule has 0 spiro atoms. The zero-order valence-corrected chi connectivity index (χ0v) is 11.1. The highest BCUT2D eigenvalue weighted by Gasteiger charge is 2.32. The van der Waals surface area contributed by atoms with Gasteiger partial charge in [0.25, 0.3) is 0 Å². The van der Waals surface area contributed by atoms with E-state index in [1.807, 2.05) is 30.0 Å². The minimum atomic E-state index is -0.0382. The fraction of sp³-hybridized carbons (Fsp3) is 0.467. The standard InChI is InChI=1S/C15H18N2O2/c1-11(17-9-5-8-14(17)18)15-16-13(10-19-15)12-6-3-2-4-7-12/h2-4,6-7,11,13H,5,8-10H2,1H3. The van der Waals surface area contributed by atoms with Gasteiger partial charge in [-0.25, -0.2) is 4.99 Å². The molecule has 1 fully saturated rings. The molecule has 19 heavy (non-hydrogen) atoms. The lowest BCUT2D eigenvalue weighted by Gasteiger charge is -2.23. The Morgan fingerprint density at radius 2 is 2.16 bits per heavy atom. The molecule has 0 aromatic heterocycles. The molecule has 0 saturated carbocycles. The van der Waals surface area contributed by atoms with Crippen molar-refractivity contribution in [3.8, 4) is 0 Å². The molecule has 0 N–H and O–H groups in total. The normalized spacial score (nSPS) is 24.3. The lowest BCUT2D eigenvalue weighted by molar-refractivity contribution is -0.128. The maximum Gasteiger partial charge on any atom is 0.223 e. The first-order valence-corrected chi connectivity index (χ1v) is 6.80. The van der Waals surface area contributed by atoms with Crippen LogP contribution in [0.5, 0.6) is 0 Å². The van der Waals surface area contributed by atoms with Crippen LogP contribution in [-0.2, 0) is 9.53 Å². The summed E-state index contributed by atoms with van der Waals surface area (Å²) >= 11 is 0. The zero-order chi connectivity index (χ0) is 13.2. The minimum absolute atomic E-state index is 0.0382. The first-order chi connectivity index (χ1) is 9.25. The van der Waals surface area contributed by atoms with Gasteiger partial charge in [-0.1, -0.05) is 30.3 Å². The zero-order valence-electron chi connectivity index (χ0n) is 11.1. The van der Waals surface area contributed by atoms with Gasteiger partial charge >= 0.3 is 0 Å². The van der Waals surface area contributed by atoms with Crippen molar-refractivity contribution in [1.29, 1.82) is 0 Å². The van der Waals surface area contributed by atoms with Crippen LogP contribution < -0.4 is 0 Å². The Balaban J connectivity index is 1.74. The quantitative estimate of drug-likeness (QED) is 0.833. The fourth-order valence-corrected chi connectivity index (χ4v) is 2.68. The number of amides is 1. The lowest BCUT2D eigenvalue weighted by atomic mass is 10.1. The monoisotopic (exact) mass is 258 g/mol. The lowest BCUT2D eigenvalue weighted by Crippen LogP contribution is -2.39. The van der Waals surface area contributed by atoms with E-state index in [-0.39, 0.29) is 18.0 Å². The maximum absolute atomic E-state index is 11.7. The molecule has 0 radical (unpaired) electrons. The predicted octanol–water partition coefficient (Wildman–Crippen LogP) is 2.17. The van der Waals surface area contributed by atoms with Gasteiger partial charge in [-0.3, -0.25) is 4.79 Å².